The molecule has 1 heterocycles. The van der Waals surface area contributed by atoms with Crippen molar-refractivity contribution in [3.05, 3.63) is 23.2 Å². The number of esters is 1. The third-order valence-electron chi connectivity index (χ3n) is 3.18. The summed E-state index contributed by atoms with van der Waals surface area (Å²) in [4.78, 5) is 22.4. The number of methoxy groups -OCH3 is 1. The quantitative estimate of drug-likeness (QED) is 0.587. The molecule has 0 aliphatic carbocycles. The van der Waals surface area contributed by atoms with Crippen LogP contribution in [0, 0.1) is 12.3 Å². The number of nitrogens with one attached hydrogen (secondary N) is 1. The van der Waals surface area contributed by atoms with Crippen LogP contribution in [0.4, 0.5) is 0 Å². The van der Waals surface area contributed by atoms with Crippen molar-refractivity contribution in [3.8, 4) is 0 Å². The minimum Gasteiger partial charge on any atom is -0.481 e. The molecule has 1 aromatic rings. The summed E-state index contributed by atoms with van der Waals surface area (Å²) in [7, 11) is 1.32. The molecule has 0 radical (unpaired) electrons. The molecule has 112 valence electrons. The van der Waals surface area contributed by atoms with Gasteiger partial charge in [0.1, 0.15) is 17.1 Å². The number of furan rings is 1. The molecular weight excluding hydrogens is 262 g/mol. The van der Waals surface area contributed by atoms with Gasteiger partial charge in [-0.05, 0) is 39.8 Å². The van der Waals surface area contributed by atoms with E-state index in [4.69, 9.17) is 9.52 Å². The zero-order valence-electron chi connectivity index (χ0n) is 12.3. The SMILES string of the molecule is COC(=O)c1cc(CNCCC(C)(C)C(=O)O)oc1C. The molecule has 0 bridgehead atoms. The minimum absolute atomic E-state index is 0.412. The van der Waals surface area contributed by atoms with Crippen molar-refractivity contribution in [1.29, 1.82) is 0 Å². The summed E-state index contributed by atoms with van der Waals surface area (Å²) in [6, 6.07) is 1.64. The van der Waals surface area contributed by atoms with Crippen LogP contribution in [0.5, 0.6) is 0 Å². The number of ether oxygens (including phenoxy) is 1. The maximum atomic E-state index is 11.4. The first kappa shape index (κ1) is 16.2. The lowest BCUT2D eigenvalue weighted by molar-refractivity contribution is -0.147. The lowest BCUT2D eigenvalue weighted by atomic mass is 9.90. The van der Waals surface area contributed by atoms with Crippen LogP contribution in [-0.2, 0) is 16.1 Å². The summed E-state index contributed by atoms with van der Waals surface area (Å²) in [5.41, 5.74) is -0.348. The third kappa shape index (κ3) is 4.09. The standard InChI is InChI=1S/C14H21NO5/c1-9-11(12(16)19-4)7-10(20-9)8-15-6-5-14(2,3)13(17)18/h7,15H,5-6,8H2,1-4H3,(H,17,18). The molecule has 0 fully saturated rings. The normalized spacial score (nSPS) is 11.4. The van der Waals surface area contributed by atoms with Gasteiger partial charge in [0, 0.05) is 0 Å². The van der Waals surface area contributed by atoms with Crippen molar-refractivity contribution >= 4 is 11.9 Å². The van der Waals surface area contributed by atoms with Gasteiger partial charge in [-0.2, -0.15) is 0 Å². The predicted molar refractivity (Wildman–Crippen MR) is 72.5 cm³/mol. The molecule has 0 aromatic carbocycles. The second-order valence-corrected chi connectivity index (χ2v) is 5.29. The van der Waals surface area contributed by atoms with Gasteiger partial charge in [-0.1, -0.05) is 0 Å². The monoisotopic (exact) mass is 283 g/mol. The Morgan fingerprint density at radius 1 is 1.45 bits per heavy atom. The Morgan fingerprint density at radius 2 is 2.10 bits per heavy atom. The van der Waals surface area contributed by atoms with E-state index in [9.17, 15) is 9.59 Å². The second-order valence-electron chi connectivity index (χ2n) is 5.29. The molecule has 6 nitrogen and oxygen atoms in total. The number of carbonyl (C=O) groups is 2. The average molecular weight is 283 g/mol. The van der Waals surface area contributed by atoms with Crippen LogP contribution in [0.25, 0.3) is 0 Å². The first-order chi connectivity index (χ1) is 9.27. The number of aliphatic carboxylic acids is 1. The Hall–Kier alpha value is -1.82. The van der Waals surface area contributed by atoms with Crippen molar-refractivity contribution in [3.63, 3.8) is 0 Å². The lowest BCUT2D eigenvalue weighted by Crippen LogP contribution is -2.28. The fraction of sp³-hybridized carbons (Fsp3) is 0.571. The molecule has 2 N–H and O–H groups in total. The van der Waals surface area contributed by atoms with E-state index >= 15 is 0 Å². The van der Waals surface area contributed by atoms with E-state index in [1.165, 1.54) is 7.11 Å². The fourth-order valence-electron chi connectivity index (χ4n) is 1.66. The van der Waals surface area contributed by atoms with Crippen molar-refractivity contribution < 1.29 is 23.8 Å². The first-order valence-corrected chi connectivity index (χ1v) is 6.39. The zero-order chi connectivity index (χ0) is 15.3. The van der Waals surface area contributed by atoms with E-state index in [1.54, 1.807) is 26.8 Å². The van der Waals surface area contributed by atoms with Gasteiger partial charge in [0.15, 0.2) is 0 Å². The number of carbonyl (C=O) groups excluding carboxylic acids is 1. The molecule has 1 rings (SSSR count). The first-order valence-electron chi connectivity index (χ1n) is 6.39. The van der Waals surface area contributed by atoms with Crippen LogP contribution in [0.3, 0.4) is 0 Å². The summed E-state index contributed by atoms with van der Waals surface area (Å²) in [6.45, 7) is 6.05. The Labute approximate surface area is 118 Å². The smallest absolute Gasteiger partial charge is 0.341 e. The van der Waals surface area contributed by atoms with Crippen LogP contribution in [0.1, 0.15) is 42.1 Å². The molecule has 0 spiro atoms. The highest BCUT2D eigenvalue weighted by molar-refractivity contribution is 5.90. The molecule has 0 saturated heterocycles. The molecular formula is C14H21NO5. The summed E-state index contributed by atoms with van der Waals surface area (Å²) in [5.74, 6) is -0.110. The fourth-order valence-corrected chi connectivity index (χ4v) is 1.66. The van der Waals surface area contributed by atoms with E-state index in [0.29, 0.717) is 36.6 Å². The Balaban J connectivity index is 2.47. The van der Waals surface area contributed by atoms with Gasteiger partial charge in [0.2, 0.25) is 0 Å². The highest BCUT2D eigenvalue weighted by Gasteiger charge is 2.26. The molecule has 6 heteroatoms. The van der Waals surface area contributed by atoms with Crippen molar-refractivity contribution in [2.24, 2.45) is 5.41 Å². The van der Waals surface area contributed by atoms with Crippen molar-refractivity contribution in [2.45, 2.75) is 33.7 Å². The Morgan fingerprint density at radius 3 is 2.65 bits per heavy atom. The largest absolute Gasteiger partial charge is 0.481 e. The van der Waals surface area contributed by atoms with Crippen LogP contribution in [0.15, 0.2) is 10.5 Å². The van der Waals surface area contributed by atoms with Crippen LogP contribution in [0.2, 0.25) is 0 Å². The van der Waals surface area contributed by atoms with Crippen LogP contribution < -0.4 is 5.32 Å². The molecule has 0 aliphatic rings. The van der Waals surface area contributed by atoms with Crippen LogP contribution >= 0.6 is 0 Å². The van der Waals surface area contributed by atoms with Gasteiger partial charge in [0.25, 0.3) is 0 Å². The maximum Gasteiger partial charge on any atom is 0.341 e. The summed E-state index contributed by atoms with van der Waals surface area (Å²) >= 11 is 0. The van der Waals surface area contributed by atoms with E-state index in [0.717, 1.165) is 0 Å². The van der Waals surface area contributed by atoms with E-state index < -0.39 is 17.4 Å². The maximum absolute atomic E-state index is 11.4. The Bertz CT molecular complexity index is 490. The molecule has 0 atom stereocenters. The topological polar surface area (TPSA) is 88.8 Å². The lowest BCUT2D eigenvalue weighted by Gasteiger charge is -2.18. The highest BCUT2D eigenvalue weighted by atomic mass is 16.5. The number of aryl methyl sites for hydroxylation is 1. The number of hydrogen-bond acceptors (Lipinski definition) is 5. The molecule has 20 heavy (non-hydrogen) atoms. The zero-order valence-corrected chi connectivity index (χ0v) is 12.3. The molecule has 0 amide bonds. The van der Waals surface area contributed by atoms with Gasteiger partial charge in [-0.3, -0.25) is 4.79 Å². The highest BCUT2D eigenvalue weighted by Crippen LogP contribution is 2.20. The van der Waals surface area contributed by atoms with Crippen molar-refractivity contribution in [1.82, 2.24) is 5.32 Å². The van der Waals surface area contributed by atoms with Gasteiger partial charge in [0.05, 0.1) is 19.1 Å². The third-order valence-corrected chi connectivity index (χ3v) is 3.18. The number of carboxylic acid groups (broad SMARTS) is 1. The predicted octanol–water partition coefficient (Wildman–Crippen LogP) is 1.97. The summed E-state index contributed by atoms with van der Waals surface area (Å²) in [6.07, 6.45) is 0.506. The van der Waals surface area contributed by atoms with E-state index in [2.05, 4.69) is 10.1 Å². The molecule has 0 saturated carbocycles. The second kappa shape index (κ2) is 6.56. The van der Waals surface area contributed by atoms with Crippen molar-refractivity contribution in [2.75, 3.05) is 13.7 Å². The molecule has 0 unspecified atom stereocenters. The van der Waals surface area contributed by atoms with Crippen LogP contribution in [-0.4, -0.2) is 30.7 Å². The summed E-state index contributed by atoms with van der Waals surface area (Å²) < 4.78 is 10.1. The van der Waals surface area contributed by atoms with Gasteiger partial charge in [-0.25, -0.2) is 4.79 Å². The van der Waals surface area contributed by atoms with Gasteiger partial charge >= 0.3 is 11.9 Å². The average Bonchev–Trinajstić information content (AvgIpc) is 2.75. The number of carboxylic acids is 1. The van der Waals surface area contributed by atoms with E-state index in [-0.39, 0.29) is 0 Å². The minimum atomic E-state index is -0.818. The Kier molecular flexibility index (Phi) is 5.33. The number of rotatable bonds is 7. The summed E-state index contributed by atoms with van der Waals surface area (Å²) in [5, 5.41) is 12.1. The number of hydrogen-bond donors (Lipinski definition) is 2. The van der Waals surface area contributed by atoms with Gasteiger partial charge < -0.3 is 19.6 Å². The van der Waals surface area contributed by atoms with Gasteiger partial charge in [-0.15, -0.1) is 0 Å². The van der Waals surface area contributed by atoms with E-state index in [1.807, 2.05) is 0 Å². The molecule has 1 aromatic heterocycles. The molecule has 0 aliphatic heterocycles.